The zero-order valence-electron chi connectivity index (χ0n) is 12.1. The van der Waals surface area contributed by atoms with Crippen LogP contribution in [0.1, 0.15) is 33.6 Å². The quantitative estimate of drug-likeness (QED) is 0.247. The van der Waals surface area contributed by atoms with E-state index in [2.05, 4.69) is 14.1 Å². The van der Waals surface area contributed by atoms with Gasteiger partial charge in [0, 0.05) is 6.42 Å². The van der Waals surface area contributed by atoms with Crippen LogP contribution in [-0.4, -0.2) is 38.9 Å². The molecular formula is C12H19BNO6. The van der Waals surface area contributed by atoms with Gasteiger partial charge in [-0.1, -0.05) is 0 Å². The summed E-state index contributed by atoms with van der Waals surface area (Å²) in [7, 11) is 2.30. The first-order chi connectivity index (χ1) is 9.22. The van der Waals surface area contributed by atoms with Gasteiger partial charge in [-0.25, -0.2) is 0 Å². The molecule has 0 unspecified atom stereocenters. The summed E-state index contributed by atoms with van der Waals surface area (Å²) >= 11 is 0. The molecule has 0 aromatic heterocycles. The first kappa shape index (κ1) is 18.1. The molecule has 8 heteroatoms. The third kappa shape index (κ3) is 6.91. The molecule has 1 atom stereocenters. The summed E-state index contributed by atoms with van der Waals surface area (Å²) in [6, 6.07) is 0. The van der Waals surface area contributed by atoms with Crippen molar-refractivity contribution in [1.82, 2.24) is 0 Å². The third-order valence-electron chi connectivity index (χ3n) is 2.29. The minimum absolute atomic E-state index is 0.0662. The van der Waals surface area contributed by atoms with Gasteiger partial charge >= 0.3 is 25.4 Å². The van der Waals surface area contributed by atoms with E-state index in [9.17, 15) is 14.4 Å². The van der Waals surface area contributed by atoms with E-state index in [1.54, 1.807) is 20.8 Å². The van der Waals surface area contributed by atoms with Crippen molar-refractivity contribution >= 4 is 31.8 Å². The molecule has 1 N–H and O–H groups in total. The number of hydrogen-bond donors (Lipinski definition) is 1. The molecule has 0 aliphatic heterocycles. The summed E-state index contributed by atoms with van der Waals surface area (Å²) in [5, 5.41) is 6.70. The predicted molar refractivity (Wildman–Crippen MR) is 71.2 cm³/mol. The van der Waals surface area contributed by atoms with Crippen LogP contribution in [0.15, 0.2) is 0 Å². The van der Waals surface area contributed by atoms with Gasteiger partial charge in [0.15, 0.2) is 0 Å². The smallest absolute Gasteiger partial charge is 0.386 e. The maximum absolute atomic E-state index is 11.5. The van der Waals surface area contributed by atoms with Gasteiger partial charge < -0.3 is 14.1 Å². The molecule has 0 aromatic carbocycles. The summed E-state index contributed by atoms with van der Waals surface area (Å²) in [5.41, 5.74) is -0.771. The molecule has 0 bridgehead atoms. The largest absolute Gasteiger partial charge is 0.555 e. The van der Waals surface area contributed by atoms with Crippen LogP contribution in [0.25, 0.3) is 0 Å². The Morgan fingerprint density at radius 2 is 1.90 bits per heavy atom. The molecule has 0 amide bonds. The van der Waals surface area contributed by atoms with Crippen LogP contribution in [0.3, 0.4) is 0 Å². The molecule has 0 fully saturated rings. The highest BCUT2D eigenvalue weighted by molar-refractivity contribution is 6.38. The number of carbonyl (C=O) groups excluding carboxylic acids is 3. The van der Waals surface area contributed by atoms with Gasteiger partial charge in [0.2, 0.25) is 0 Å². The van der Waals surface area contributed by atoms with Crippen LogP contribution in [0.5, 0.6) is 0 Å². The van der Waals surface area contributed by atoms with Gasteiger partial charge in [-0.15, -0.1) is 0 Å². The fourth-order valence-corrected chi connectivity index (χ4v) is 1.11. The lowest BCUT2D eigenvalue weighted by molar-refractivity contribution is -0.165. The zero-order valence-corrected chi connectivity index (χ0v) is 12.1. The van der Waals surface area contributed by atoms with Crippen LogP contribution in [-0.2, 0) is 28.5 Å². The van der Waals surface area contributed by atoms with Crippen molar-refractivity contribution in [3.8, 4) is 0 Å². The molecule has 0 aliphatic carbocycles. The number of esters is 3. The summed E-state index contributed by atoms with van der Waals surface area (Å²) in [6.45, 7) is 4.89. The van der Waals surface area contributed by atoms with E-state index in [4.69, 9.17) is 5.41 Å². The van der Waals surface area contributed by atoms with Crippen molar-refractivity contribution in [2.24, 2.45) is 5.41 Å². The molecule has 0 aliphatic rings. The van der Waals surface area contributed by atoms with Crippen LogP contribution in [0, 0.1) is 10.8 Å². The van der Waals surface area contributed by atoms with Gasteiger partial charge in [-0.3, -0.25) is 19.8 Å². The minimum Gasteiger partial charge on any atom is -0.555 e. The number of nitrogens with one attached hydrogen (secondary N) is 1. The van der Waals surface area contributed by atoms with Crippen molar-refractivity contribution in [3.63, 3.8) is 0 Å². The SMILES string of the molecule is COC(=O)[C@@H]([B]OC=N)CCC(=O)OC(=O)C(C)(C)C. The maximum Gasteiger partial charge on any atom is 0.386 e. The minimum atomic E-state index is -0.807. The highest BCUT2D eigenvalue weighted by Gasteiger charge is 2.28. The van der Waals surface area contributed by atoms with Crippen LogP contribution in [0.4, 0.5) is 0 Å². The van der Waals surface area contributed by atoms with Gasteiger partial charge in [0.25, 0.3) is 0 Å². The Balaban J connectivity index is 4.33. The number of hydrogen-bond acceptors (Lipinski definition) is 7. The highest BCUT2D eigenvalue weighted by atomic mass is 16.6. The van der Waals surface area contributed by atoms with E-state index in [0.29, 0.717) is 6.40 Å². The lowest BCUT2D eigenvalue weighted by Crippen LogP contribution is -2.26. The van der Waals surface area contributed by atoms with E-state index in [1.165, 1.54) is 7.11 Å². The highest BCUT2D eigenvalue weighted by Crippen LogP contribution is 2.18. The van der Waals surface area contributed by atoms with Crippen LogP contribution < -0.4 is 0 Å². The molecule has 0 aromatic rings. The topological polar surface area (TPSA) is 103 Å². The Morgan fingerprint density at radius 3 is 2.35 bits per heavy atom. The first-order valence-electron chi connectivity index (χ1n) is 6.03. The molecule has 111 valence electrons. The van der Waals surface area contributed by atoms with Gasteiger partial charge in [-0.2, -0.15) is 0 Å². The Bertz CT molecular complexity index is 377. The summed E-state index contributed by atoms with van der Waals surface area (Å²) in [6.07, 6.45) is 0.577. The Kier molecular flexibility index (Phi) is 7.57. The van der Waals surface area contributed by atoms with Crippen LogP contribution in [0.2, 0.25) is 5.82 Å². The van der Waals surface area contributed by atoms with Crippen LogP contribution >= 0.6 is 0 Å². The Morgan fingerprint density at radius 1 is 1.30 bits per heavy atom. The fourth-order valence-electron chi connectivity index (χ4n) is 1.11. The first-order valence-corrected chi connectivity index (χ1v) is 6.03. The molecule has 0 saturated carbocycles. The zero-order chi connectivity index (χ0) is 15.8. The molecule has 0 heterocycles. The molecule has 20 heavy (non-hydrogen) atoms. The maximum atomic E-state index is 11.5. The lowest BCUT2D eigenvalue weighted by Gasteiger charge is -2.16. The summed E-state index contributed by atoms with van der Waals surface area (Å²) in [4.78, 5) is 34.4. The number of rotatable bonds is 7. The van der Waals surface area contributed by atoms with E-state index in [1.807, 2.05) is 0 Å². The fraction of sp³-hybridized carbons (Fsp3) is 0.667. The number of methoxy groups -OCH3 is 1. The molecule has 0 spiro atoms. The Hall–Kier alpha value is -1.86. The van der Waals surface area contributed by atoms with Crippen molar-refractivity contribution in [1.29, 1.82) is 5.41 Å². The van der Waals surface area contributed by atoms with E-state index < -0.39 is 29.1 Å². The number of ether oxygens (including phenoxy) is 2. The van der Waals surface area contributed by atoms with E-state index in [-0.39, 0.29) is 12.8 Å². The molecule has 7 nitrogen and oxygen atoms in total. The second kappa shape index (κ2) is 8.34. The second-order valence-electron chi connectivity index (χ2n) is 5.07. The van der Waals surface area contributed by atoms with Gasteiger partial charge in [0.05, 0.1) is 18.3 Å². The van der Waals surface area contributed by atoms with E-state index in [0.717, 1.165) is 7.48 Å². The molecule has 0 rings (SSSR count). The lowest BCUT2D eigenvalue weighted by atomic mass is 9.77. The third-order valence-corrected chi connectivity index (χ3v) is 2.29. The van der Waals surface area contributed by atoms with Gasteiger partial charge in [0.1, 0.15) is 6.40 Å². The van der Waals surface area contributed by atoms with Crippen molar-refractivity contribution in [3.05, 3.63) is 0 Å². The second-order valence-corrected chi connectivity index (χ2v) is 5.07. The average molecular weight is 284 g/mol. The summed E-state index contributed by atoms with van der Waals surface area (Å²) in [5.74, 6) is -2.75. The monoisotopic (exact) mass is 284 g/mol. The normalized spacial score (nSPS) is 12.0. The number of carbonyl (C=O) groups is 3. The Labute approximate surface area is 118 Å². The van der Waals surface area contributed by atoms with Crippen molar-refractivity contribution in [2.45, 2.75) is 39.4 Å². The summed E-state index contributed by atoms with van der Waals surface area (Å²) < 4.78 is 13.8. The van der Waals surface area contributed by atoms with Crippen molar-refractivity contribution in [2.75, 3.05) is 7.11 Å². The standard InChI is InChI=1S/C12H19BNO6/c1-12(2,3)11(17)20-9(15)6-5-8(10(16)18-4)13-19-7-14/h7-8,14H,5-6H2,1-4H3/t8-/m0/s1. The van der Waals surface area contributed by atoms with Crippen molar-refractivity contribution < 1.29 is 28.5 Å². The predicted octanol–water partition coefficient (Wildman–Crippen LogP) is 1.09. The van der Waals surface area contributed by atoms with E-state index >= 15 is 0 Å². The average Bonchev–Trinajstić information content (AvgIpc) is 2.36. The molecular weight excluding hydrogens is 265 g/mol. The van der Waals surface area contributed by atoms with Gasteiger partial charge in [-0.05, 0) is 27.2 Å². The molecule has 1 radical (unpaired) electrons. The molecule has 0 saturated heterocycles.